The quantitative estimate of drug-likeness (QED) is 0.657. The molecule has 120 valence electrons. The molecule has 8 heteroatoms. The number of benzene rings is 1. The predicted molar refractivity (Wildman–Crippen MR) is 89.5 cm³/mol. The maximum Gasteiger partial charge on any atom is 0.270 e. The van der Waals surface area contributed by atoms with Crippen LogP contribution in [0.4, 0.5) is 0 Å². The van der Waals surface area contributed by atoms with E-state index < -0.39 is 5.56 Å². The minimum Gasteiger partial charge on any atom is -0.493 e. The summed E-state index contributed by atoms with van der Waals surface area (Å²) in [7, 11) is 1.49. The fourth-order valence-electron chi connectivity index (χ4n) is 2.00. The lowest BCUT2D eigenvalue weighted by atomic mass is 10.1. The molecule has 1 N–H and O–H groups in total. The molecule has 0 atom stereocenters. The Kier molecular flexibility index (Phi) is 5.53. The molecular formula is C15H14ClN3O3S. The summed E-state index contributed by atoms with van der Waals surface area (Å²) in [6, 6.07) is 5.12. The van der Waals surface area contributed by atoms with Gasteiger partial charge < -0.3 is 14.5 Å². The van der Waals surface area contributed by atoms with Crippen LogP contribution < -0.4 is 15.0 Å². The molecule has 0 unspecified atom stereocenters. The summed E-state index contributed by atoms with van der Waals surface area (Å²) in [6.45, 7) is 2.26. The van der Waals surface area contributed by atoms with Crippen LogP contribution in [0.2, 0.25) is 5.02 Å². The van der Waals surface area contributed by atoms with Gasteiger partial charge in [0.1, 0.15) is 11.6 Å². The third kappa shape index (κ3) is 3.44. The summed E-state index contributed by atoms with van der Waals surface area (Å²) in [5, 5.41) is 9.98. The lowest BCUT2D eigenvalue weighted by Gasteiger charge is -2.13. The fraction of sp³-hybridized carbons (Fsp3) is 0.267. The molecule has 0 aliphatic rings. The fourth-order valence-corrected chi connectivity index (χ4v) is 2.65. The third-order valence-electron chi connectivity index (χ3n) is 2.99. The van der Waals surface area contributed by atoms with Crippen LogP contribution in [0.3, 0.4) is 0 Å². The number of nitrogens with one attached hydrogen (secondary N) is 1. The van der Waals surface area contributed by atoms with E-state index >= 15 is 0 Å². The van der Waals surface area contributed by atoms with E-state index in [9.17, 15) is 10.1 Å². The summed E-state index contributed by atoms with van der Waals surface area (Å²) in [4.78, 5) is 18.9. The maximum absolute atomic E-state index is 12.0. The standard InChI is InChI=1S/C15H14ClN3O3S/c1-4-22-13-10(16)5-8(6-11(13)21-2)12-9(7-17)14(20)19-15(18-12)23-3/h5-6H,4H2,1-3H3,(H,18,19,20). The van der Waals surface area contributed by atoms with Crippen LogP contribution in [0.5, 0.6) is 11.5 Å². The zero-order valence-electron chi connectivity index (χ0n) is 12.8. The first-order valence-electron chi connectivity index (χ1n) is 6.64. The Balaban J connectivity index is 2.72. The van der Waals surface area contributed by atoms with Crippen LogP contribution >= 0.6 is 23.4 Å². The summed E-state index contributed by atoms with van der Waals surface area (Å²) in [5.41, 5.74) is 0.188. The van der Waals surface area contributed by atoms with Crippen molar-refractivity contribution in [2.45, 2.75) is 12.1 Å². The van der Waals surface area contributed by atoms with Gasteiger partial charge in [-0.2, -0.15) is 5.26 Å². The van der Waals surface area contributed by atoms with E-state index in [0.29, 0.717) is 33.8 Å². The summed E-state index contributed by atoms with van der Waals surface area (Å²) in [6.07, 6.45) is 1.78. The van der Waals surface area contributed by atoms with Gasteiger partial charge in [0.2, 0.25) is 0 Å². The number of hydrogen-bond donors (Lipinski definition) is 1. The van der Waals surface area contributed by atoms with Gasteiger partial charge >= 0.3 is 0 Å². The average Bonchev–Trinajstić information content (AvgIpc) is 2.55. The highest BCUT2D eigenvalue weighted by atomic mass is 35.5. The van der Waals surface area contributed by atoms with Crippen molar-refractivity contribution in [2.24, 2.45) is 0 Å². The number of hydrogen-bond acceptors (Lipinski definition) is 6. The van der Waals surface area contributed by atoms with Gasteiger partial charge in [0.15, 0.2) is 16.7 Å². The van der Waals surface area contributed by atoms with Gasteiger partial charge in [0, 0.05) is 5.56 Å². The lowest BCUT2D eigenvalue weighted by Crippen LogP contribution is -2.14. The summed E-state index contributed by atoms with van der Waals surface area (Å²) >= 11 is 7.52. The van der Waals surface area contributed by atoms with E-state index in [1.807, 2.05) is 13.0 Å². The molecule has 6 nitrogen and oxygen atoms in total. The average molecular weight is 352 g/mol. The van der Waals surface area contributed by atoms with Crippen LogP contribution in [0, 0.1) is 11.3 Å². The second-order valence-corrected chi connectivity index (χ2v) is 5.54. The van der Waals surface area contributed by atoms with Gasteiger partial charge in [-0.3, -0.25) is 4.79 Å². The van der Waals surface area contributed by atoms with Gasteiger partial charge in [-0.25, -0.2) is 4.98 Å². The van der Waals surface area contributed by atoms with E-state index in [4.69, 9.17) is 21.1 Å². The second-order valence-electron chi connectivity index (χ2n) is 4.33. The molecule has 23 heavy (non-hydrogen) atoms. The molecule has 1 aromatic carbocycles. The number of rotatable bonds is 5. The number of aromatic nitrogens is 2. The zero-order chi connectivity index (χ0) is 17.0. The van der Waals surface area contributed by atoms with Crippen molar-refractivity contribution in [3.05, 3.63) is 33.1 Å². The Morgan fingerprint density at radius 3 is 2.78 bits per heavy atom. The van der Waals surface area contributed by atoms with E-state index in [2.05, 4.69) is 9.97 Å². The van der Waals surface area contributed by atoms with Crippen molar-refractivity contribution in [2.75, 3.05) is 20.0 Å². The minimum absolute atomic E-state index is 0.0786. The van der Waals surface area contributed by atoms with Crippen LogP contribution in [-0.4, -0.2) is 29.9 Å². The van der Waals surface area contributed by atoms with Gasteiger partial charge in [-0.1, -0.05) is 23.4 Å². The molecule has 0 fully saturated rings. The molecule has 0 aliphatic carbocycles. The Bertz CT molecular complexity index is 830. The predicted octanol–water partition coefficient (Wildman–Crippen LogP) is 3.09. The van der Waals surface area contributed by atoms with E-state index in [-0.39, 0.29) is 11.3 Å². The Morgan fingerprint density at radius 2 is 2.22 bits per heavy atom. The molecular weight excluding hydrogens is 338 g/mol. The third-order valence-corrected chi connectivity index (χ3v) is 3.86. The number of halogens is 1. The number of H-pyrrole nitrogens is 1. The molecule has 0 bridgehead atoms. The SMILES string of the molecule is CCOc1c(Cl)cc(-c2nc(SC)[nH]c(=O)c2C#N)cc1OC. The summed E-state index contributed by atoms with van der Waals surface area (Å²) in [5.74, 6) is 0.819. The normalized spacial score (nSPS) is 10.2. The van der Waals surface area contributed by atoms with Crippen molar-refractivity contribution >= 4 is 23.4 Å². The van der Waals surface area contributed by atoms with E-state index in [1.54, 1.807) is 18.4 Å². The zero-order valence-corrected chi connectivity index (χ0v) is 14.3. The molecule has 0 radical (unpaired) electrons. The number of thioether (sulfide) groups is 1. The lowest BCUT2D eigenvalue weighted by molar-refractivity contribution is 0.311. The first kappa shape index (κ1) is 17.2. The molecule has 0 saturated heterocycles. The van der Waals surface area contributed by atoms with Crippen molar-refractivity contribution in [3.63, 3.8) is 0 Å². The Hall–Kier alpha value is -2.17. The molecule has 1 heterocycles. The molecule has 0 aliphatic heterocycles. The number of aromatic amines is 1. The Morgan fingerprint density at radius 1 is 1.48 bits per heavy atom. The first-order chi connectivity index (χ1) is 11.0. The Labute approximate surface area is 142 Å². The smallest absolute Gasteiger partial charge is 0.270 e. The largest absolute Gasteiger partial charge is 0.493 e. The van der Waals surface area contributed by atoms with Crippen molar-refractivity contribution in [3.8, 4) is 28.8 Å². The first-order valence-corrected chi connectivity index (χ1v) is 8.25. The van der Waals surface area contributed by atoms with Gasteiger partial charge in [-0.05, 0) is 25.3 Å². The maximum atomic E-state index is 12.0. The van der Waals surface area contributed by atoms with Crippen molar-refractivity contribution in [1.82, 2.24) is 9.97 Å². The molecule has 0 saturated carbocycles. The highest BCUT2D eigenvalue weighted by Gasteiger charge is 2.18. The monoisotopic (exact) mass is 351 g/mol. The number of nitriles is 1. The number of nitrogens with zero attached hydrogens (tertiary/aromatic N) is 2. The summed E-state index contributed by atoms with van der Waals surface area (Å²) < 4.78 is 10.8. The van der Waals surface area contributed by atoms with Crippen LogP contribution in [-0.2, 0) is 0 Å². The van der Waals surface area contributed by atoms with E-state index in [0.717, 1.165) is 0 Å². The number of ether oxygens (including phenoxy) is 2. The second kappa shape index (κ2) is 7.40. The highest BCUT2D eigenvalue weighted by Crippen LogP contribution is 2.39. The number of methoxy groups -OCH3 is 1. The van der Waals surface area contributed by atoms with Crippen LogP contribution in [0.1, 0.15) is 12.5 Å². The van der Waals surface area contributed by atoms with Gasteiger partial charge in [0.05, 0.1) is 24.4 Å². The van der Waals surface area contributed by atoms with Crippen LogP contribution in [0.15, 0.2) is 22.1 Å². The van der Waals surface area contributed by atoms with Crippen molar-refractivity contribution < 1.29 is 9.47 Å². The van der Waals surface area contributed by atoms with Gasteiger partial charge in [0.25, 0.3) is 5.56 Å². The topological polar surface area (TPSA) is 88.0 Å². The van der Waals surface area contributed by atoms with Gasteiger partial charge in [-0.15, -0.1) is 0 Å². The molecule has 2 rings (SSSR count). The molecule has 2 aromatic rings. The van der Waals surface area contributed by atoms with E-state index in [1.165, 1.54) is 18.9 Å². The molecule has 0 spiro atoms. The minimum atomic E-state index is -0.495. The molecule has 0 amide bonds. The molecule has 1 aromatic heterocycles. The van der Waals surface area contributed by atoms with Crippen molar-refractivity contribution in [1.29, 1.82) is 5.26 Å². The highest BCUT2D eigenvalue weighted by molar-refractivity contribution is 7.98. The van der Waals surface area contributed by atoms with Crippen LogP contribution in [0.25, 0.3) is 11.3 Å².